The van der Waals surface area contributed by atoms with Crippen LogP contribution in [0.5, 0.6) is 0 Å². The van der Waals surface area contributed by atoms with Crippen molar-refractivity contribution in [2.24, 2.45) is 5.73 Å². The number of primary amides is 1. The normalized spacial score (nSPS) is 11.6. The van der Waals surface area contributed by atoms with E-state index in [0.717, 1.165) is 18.7 Å². The van der Waals surface area contributed by atoms with Gasteiger partial charge in [-0.05, 0) is 38.8 Å². The Balaban J connectivity index is 3.54. The Kier molecular flexibility index (Phi) is 5.33. The minimum Gasteiger partial charge on any atom is -0.368 e. The van der Waals surface area contributed by atoms with Gasteiger partial charge in [-0.3, -0.25) is 4.79 Å². The number of hydrogen-bond acceptors (Lipinski definition) is 3. The summed E-state index contributed by atoms with van der Waals surface area (Å²) in [5.41, 5.74) is 4.61. The molecule has 0 radical (unpaired) electrons. The fraction of sp³-hybridized carbons (Fsp3) is 0.875. The van der Waals surface area contributed by atoms with Crippen LogP contribution in [0.4, 0.5) is 0 Å². The molecule has 0 saturated carbocycles. The molecule has 0 bridgehead atoms. The molecule has 0 spiro atoms. The first-order valence-electron chi connectivity index (χ1n) is 4.04. The van der Waals surface area contributed by atoms with Crippen LogP contribution >= 0.6 is 11.8 Å². The number of thioether (sulfide) groups is 1. The number of rotatable bonds is 6. The number of hydrogen-bond donors (Lipinski definition) is 2. The number of carbonyl (C=O) groups excluding carboxylic acids is 1. The lowest BCUT2D eigenvalue weighted by molar-refractivity contribution is -0.123. The molecule has 0 atom stereocenters. The molecule has 3 N–H and O–H groups in total. The summed E-state index contributed by atoms with van der Waals surface area (Å²) in [4.78, 5) is 10.8. The summed E-state index contributed by atoms with van der Waals surface area (Å²) in [7, 11) is 0. The highest BCUT2D eigenvalue weighted by atomic mass is 32.2. The molecule has 0 aliphatic carbocycles. The van der Waals surface area contributed by atoms with Crippen LogP contribution in [0.15, 0.2) is 0 Å². The van der Waals surface area contributed by atoms with E-state index in [4.69, 9.17) is 5.73 Å². The van der Waals surface area contributed by atoms with Crippen LogP contribution < -0.4 is 11.1 Å². The van der Waals surface area contributed by atoms with Gasteiger partial charge in [-0.2, -0.15) is 11.8 Å². The van der Waals surface area contributed by atoms with E-state index >= 15 is 0 Å². The van der Waals surface area contributed by atoms with Crippen molar-refractivity contribution in [2.45, 2.75) is 25.8 Å². The standard InChI is InChI=1S/C8H18N2OS/c1-8(2,7(9)11)10-5-4-6-12-3/h10H,4-6H2,1-3H3,(H2,9,11). The zero-order valence-corrected chi connectivity index (χ0v) is 8.83. The van der Waals surface area contributed by atoms with Crippen molar-refractivity contribution in [1.82, 2.24) is 5.32 Å². The van der Waals surface area contributed by atoms with E-state index in [2.05, 4.69) is 11.6 Å². The highest BCUT2D eigenvalue weighted by Gasteiger charge is 2.22. The fourth-order valence-corrected chi connectivity index (χ4v) is 1.14. The first kappa shape index (κ1) is 11.8. The zero-order valence-electron chi connectivity index (χ0n) is 8.02. The molecule has 0 aromatic rings. The van der Waals surface area contributed by atoms with Gasteiger partial charge in [0.15, 0.2) is 0 Å². The van der Waals surface area contributed by atoms with Crippen molar-refractivity contribution in [1.29, 1.82) is 0 Å². The van der Waals surface area contributed by atoms with Gasteiger partial charge >= 0.3 is 0 Å². The van der Waals surface area contributed by atoms with Gasteiger partial charge < -0.3 is 11.1 Å². The van der Waals surface area contributed by atoms with Crippen molar-refractivity contribution >= 4 is 17.7 Å². The quantitative estimate of drug-likeness (QED) is 0.603. The average molecular weight is 190 g/mol. The van der Waals surface area contributed by atoms with Crippen LogP contribution in [-0.2, 0) is 4.79 Å². The van der Waals surface area contributed by atoms with Crippen molar-refractivity contribution in [3.05, 3.63) is 0 Å². The average Bonchev–Trinajstić information content (AvgIpc) is 1.98. The van der Waals surface area contributed by atoms with Gasteiger partial charge in [-0.25, -0.2) is 0 Å². The van der Waals surface area contributed by atoms with Gasteiger partial charge in [0.25, 0.3) is 0 Å². The Labute approximate surface area is 78.5 Å². The predicted molar refractivity (Wildman–Crippen MR) is 54.3 cm³/mol. The molecule has 1 amide bonds. The molecule has 3 nitrogen and oxygen atoms in total. The second-order valence-electron chi connectivity index (χ2n) is 3.26. The summed E-state index contributed by atoms with van der Waals surface area (Å²) in [5, 5.41) is 3.11. The van der Waals surface area contributed by atoms with E-state index in [9.17, 15) is 4.79 Å². The lowest BCUT2D eigenvalue weighted by Gasteiger charge is -2.21. The highest BCUT2D eigenvalue weighted by Crippen LogP contribution is 2.01. The van der Waals surface area contributed by atoms with Crippen molar-refractivity contribution in [3.63, 3.8) is 0 Å². The largest absolute Gasteiger partial charge is 0.368 e. The minimum absolute atomic E-state index is 0.299. The molecule has 0 unspecified atom stereocenters. The summed E-state index contributed by atoms with van der Waals surface area (Å²) in [6.07, 6.45) is 3.14. The molecular formula is C8H18N2OS. The molecule has 4 heteroatoms. The van der Waals surface area contributed by atoms with Crippen LogP contribution in [0.25, 0.3) is 0 Å². The maximum absolute atomic E-state index is 10.8. The summed E-state index contributed by atoms with van der Waals surface area (Å²) in [6, 6.07) is 0. The third-order valence-electron chi connectivity index (χ3n) is 1.71. The SMILES string of the molecule is CSCCCNC(C)(C)C(N)=O. The summed E-state index contributed by atoms with van der Waals surface area (Å²) >= 11 is 1.80. The molecule has 0 fully saturated rings. The minimum atomic E-state index is -0.571. The second kappa shape index (κ2) is 5.43. The molecule has 0 aliphatic rings. The molecule has 0 saturated heterocycles. The van der Waals surface area contributed by atoms with Gasteiger partial charge in [0, 0.05) is 0 Å². The van der Waals surface area contributed by atoms with E-state index in [-0.39, 0.29) is 5.91 Å². The van der Waals surface area contributed by atoms with E-state index in [1.807, 2.05) is 0 Å². The van der Waals surface area contributed by atoms with Gasteiger partial charge in [0.05, 0.1) is 5.54 Å². The Hall–Kier alpha value is -0.220. The molecule has 72 valence electrons. The molecule has 0 aromatic carbocycles. The van der Waals surface area contributed by atoms with Gasteiger partial charge in [0.1, 0.15) is 0 Å². The second-order valence-corrected chi connectivity index (χ2v) is 4.25. The lowest BCUT2D eigenvalue weighted by Crippen LogP contribution is -2.50. The fourth-order valence-electron chi connectivity index (χ4n) is 0.705. The first-order valence-corrected chi connectivity index (χ1v) is 5.44. The summed E-state index contributed by atoms with van der Waals surface area (Å²) < 4.78 is 0. The number of amides is 1. The molecule has 0 aliphatic heterocycles. The maximum atomic E-state index is 10.8. The summed E-state index contributed by atoms with van der Waals surface area (Å²) in [5.74, 6) is 0.814. The first-order chi connectivity index (χ1) is 5.50. The Morgan fingerprint density at radius 3 is 2.58 bits per heavy atom. The highest BCUT2D eigenvalue weighted by molar-refractivity contribution is 7.98. The monoisotopic (exact) mass is 190 g/mol. The van der Waals surface area contributed by atoms with Crippen molar-refractivity contribution < 1.29 is 4.79 Å². The molecule has 0 heterocycles. The zero-order chi connectivity index (χ0) is 9.61. The van der Waals surface area contributed by atoms with Crippen LogP contribution in [0.2, 0.25) is 0 Å². The topological polar surface area (TPSA) is 55.1 Å². The Morgan fingerprint density at radius 2 is 2.17 bits per heavy atom. The number of nitrogens with one attached hydrogen (secondary N) is 1. The summed E-state index contributed by atoms with van der Waals surface area (Å²) in [6.45, 7) is 4.44. The molecule has 0 rings (SSSR count). The Bertz CT molecular complexity index is 148. The number of nitrogens with two attached hydrogens (primary N) is 1. The van der Waals surface area contributed by atoms with Crippen LogP contribution in [0.1, 0.15) is 20.3 Å². The van der Waals surface area contributed by atoms with Crippen LogP contribution in [0.3, 0.4) is 0 Å². The third-order valence-corrected chi connectivity index (χ3v) is 2.41. The Morgan fingerprint density at radius 1 is 1.58 bits per heavy atom. The third kappa shape index (κ3) is 4.62. The van der Waals surface area contributed by atoms with E-state index in [1.54, 1.807) is 25.6 Å². The molecule has 12 heavy (non-hydrogen) atoms. The van der Waals surface area contributed by atoms with Crippen molar-refractivity contribution in [2.75, 3.05) is 18.6 Å². The van der Waals surface area contributed by atoms with Gasteiger partial charge in [0.2, 0.25) is 5.91 Å². The number of carbonyl (C=O) groups is 1. The smallest absolute Gasteiger partial charge is 0.237 e. The van der Waals surface area contributed by atoms with Gasteiger partial charge in [-0.15, -0.1) is 0 Å². The van der Waals surface area contributed by atoms with Crippen LogP contribution in [0, 0.1) is 0 Å². The van der Waals surface area contributed by atoms with E-state index < -0.39 is 5.54 Å². The van der Waals surface area contributed by atoms with E-state index in [0.29, 0.717) is 0 Å². The predicted octanol–water partition coefficient (Wildman–Crippen LogP) is 0.593. The van der Waals surface area contributed by atoms with Crippen LogP contribution in [-0.4, -0.2) is 30.0 Å². The van der Waals surface area contributed by atoms with E-state index in [1.165, 1.54) is 0 Å². The van der Waals surface area contributed by atoms with Crippen molar-refractivity contribution in [3.8, 4) is 0 Å². The molecular weight excluding hydrogens is 172 g/mol. The van der Waals surface area contributed by atoms with Gasteiger partial charge in [-0.1, -0.05) is 0 Å². The molecule has 0 aromatic heterocycles. The maximum Gasteiger partial charge on any atom is 0.237 e. The lowest BCUT2D eigenvalue weighted by atomic mass is 10.1.